The van der Waals surface area contributed by atoms with Gasteiger partial charge in [0.25, 0.3) is 0 Å². The molecule has 0 spiro atoms. The molecule has 3 atom stereocenters. The minimum atomic E-state index is -0.699. The van der Waals surface area contributed by atoms with Gasteiger partial charge in [-0.25, -0.2) is 0 Å². The SMILES string of the molecule is CCCCCCCCCCCCCCCC(=O)N[C@@H](CCCCN)CN(CC(=O)N[C@@H](CCCCN)CN(CC(=O)N[C@@H](CCCCN)CN(CC(N)=O)C(=O)CCCN)C(=O)CCCN)C(=O)CCCN. The number of carbonyl (C=O) groups is 7. The Morgan fingerprint density at radius 3 is 0.944 bits per heavy atom. The van der Waals surface area contributed by atoms with Crippen LogP contribution in [0, 0.1) is 0 Å². The first-order chi connectivity index (χ1) is 34.8. The molecular weight excluding hydrogens is 919 g/mol. The number of unbranched alkanes of at least 4 members (excludes halogenated alkanes) is 15. The maximum atomic E-state index is 14.1. The molecule has 0 heterocycles. The van der Waals surface area contributed by atoms with Crippen LogP contribution in [0.15, 0.2) is 0 Å². The van der Waals surface area contributed by atoms with Gasteiger partial charge in [-0.1, -0.05) is 103 Å². The number of nitrogens with two attached hydrogens (primary N) is 7. The number of carbonyl (C=O) groups excluding carboxylic acids is 7. The van der Waals surface area contributed by atoms with Crippen LogP contribution in [0.5, 0.6) is 0 Å². The number of hydrogen-bond donors (Lipinski definition) is 10. The van der Waals surface area contributed by atoms with Crippen LogP contribution < -0.4 is 56.1 Å². The van der Waals surface area contributed by atoms with E-state index in [-0.39, 0.29) is 95.2 Å². The smallest absolute Gasteiger partial charge is 0.239 e. The Balaban J connectivity index is 6.14. The number of rotatable bonds is 50. The molecule has 420 valence electrons. The first-order valence-electron chi connectivity index (χ1n) is 28.0. The number of nitrogens with zero attached hydrogens (tertiary/aromatic N) is 3. The van der Waals surface area contributed by atoms with E-state index in [1.165, 1.54) is 78.9 Å². The van der Waals surface area contributed by atoms with Crippen molar-refractivity contribution in [2.75, 3.05) is 78.5 Å². The fourth-order valence-electron chi connectivity index (χ4n) is 8.71. The number of amides is 7. The number of primary amides is 1. The van der Waals surface area contributed by atoms with Crippen LogP contribution in [0.2, 0.25) is 0 Å². The maximum Gasteiger partial charge on any atom is 0.239 e. The van der Waals surface area contributed by atoms with Gasteiger partial charge >= 0.3 is 0 Å². The summed E-state index contributed by atoms with van der Waals surface area (Å²) in [5, 5.41) is 9.19. The zero-order chi connectivity index (χ0) is 53.6. The van der Waals surface area contributed by atoms with Gasteiger partial charge in [-0.3, -0.25) is 33.6 Å². The predicted molar refractivity (Wildman–Crippen MR) is 289 cm³/mol. The topological polar surface area (TPSA) is 347 Å². The van der Waals surface area contributed by atoms with Crippen molar-refractivity contribution in [3.8, 4) is 0 Å². The molecule has 0 fully saturated rings. The average Bonchev–Trinajstić information content (AvgIpc) is 3.34. The quantitative estimate of drug-likeness (QED) is 0.0392. The third-order valence-electron chi connectivity index (χ3n) is 12.8. The fraction of sp³-hybridized carbons (Fsp3) is 0.865. The lowest BCUT2D eigenvalue weighted by molar-refractivity contribution is -0.138. The standard InChI is InChI=1S/C52H105N13O7/c1-2-3-4-5-6-7-8-9-10-11-12-13-14-27-47(67)60-43(24-15-18-31-53)38-64(51(71)29-22-35-57)41-49(69)62-45(26-17-20-33-55)39-65(52(72)30-23-36-58)42-48(68)61-44(25-16-19-32-54)37-63(40-46(59)66)50(70)28-21-34-56/h43-45H,2-42,53-58H2,1H3,(H2,59,66)(H,60,67)(H,61,68)(H,62,69)/t43-,44-,45-/m0/s1. The molecular formula is C52H105N13O7. The van der Waals surface area contributed by atoms with Crippen molar-refractivity contribution in [1.82, 2.24) is 30.7 Å². The van der Waals surface area contributed by atoms with Gasteiger partial charge in [0.1, 0.15) is 0 Å². The Labute approximate surface area is 434 Å². The Morgan fingerprint density at radius 1 is 0.347 bits per heavy atom. The van der Waals surface area contributed by atoms with E-state index in [9.17, 15) is 33.6 Å². The first kappa shape index (κ1) is 68.0. The zero-order valence-electron chi connectivity index (χ0n) is 45.0. The first-order valence-corrected chi connectivity index (χ1v) is 28.0. The van der Waals surface area contributed by atoms with Gasteiger partial charge in [0, 0.05) is 63.4 Å². The molecule has 0 radical (unpaired) electrons. The molecule has 0 aromatic rings. The summed E-state index contributed by atoms with van der Waals surface area (Å²) < 4.78 is 0. The molecule has 0 aromatic carbocycles. The summed E-state index contributed by atoms with van der Waals surface area (Å²) in [4.78, 5) is 98.0. The maximum absolute atomic E-state index is 14.1. The third kappa shape index (κ3) is 37.7. The summed E-state index contributed by atoms with van der Waals surface area (Å²) in [5.74, 6) is -2.67. The second kappa shape index (κ2) is 46.8. The van der Waals surface area contributed by atoms with Gasteiger partial charge in [0.15, 0.2) is 0 Å². The highest BCUT2D eigenvalue weighted by Gasteiger charge is 2.28. The van der Waals surface area contributed by atoms with Crippen molar-refractivity contribution < 1.29 is 33.6 Å². The molecule has 0 aromatic heterocycles. The molecule has 0 rings (SSSR count). The van der Waals surface area contributed by atoms with Crippen LogP contribution in [0.1, 0.15) is 193 Å². The van der Waals surface area contributed by atoms with Crippen LogP contribution in [0.25, 0.3) is 0 Å². The number of hydrogen-bond acceptors (Lipinski definition) is 13. The lowest BCUT2D eigenvalue weighted by Crippen LogP contribution is -2.54. The van der Waals surface area contributed by atoms with Crippen LogP contribution in [0.4, 0.5) is 0 Å². The predicted octanol–water partition coefficient (Wildman–Crippen LogP) is 2.50. The minimum Gasteiger partial charge on any atom is -0.368 e. The molecule has 0 saturated heterocycles. The molecule has 0 saturated carbocycles. The van der Waals surface area contributed by atoms with Crippen molar-refractivity contribution in [3.05, 3.63) is 0 Å². The highest BCUT2D eigenvalue weighted by molar-refractivity contribution is 5.87. The van der Waals surface area contributed by atoms with E-state index in [1.54, 1.807) is 0 Å². The third-order valence-corrected chi connectivity index (χ3v) is 12.8. The van der Waals surface area contributed by atoms with Gasteiger partial charge in [-0.2, -0.15) is 0 Å². The molecule has 17 N–H and O–H groups in total. The van der Waals surface area contributed by atoms with E-state index < -0.39 is 35.8 Å². The summed E-state index contributed by atoms with van der Waals surface area (Å²) in [6, 6.07) is -1.61. The summed E-state index contributed by atoms with van der Waals surface area (Å²) in [7, 11) is 0. The van der Waals surface area contributed by atoms with Crippen LogP contribution in [-0.2, 0) is 33.6 Å². The fourth-order valence-corrected chi connectivity index (χ4v) is 8.71. The normalized spacial score (nSPS) is 12.4. The van der Waals surface area contributed by atoms with Crippen molar-refractivity contribution in [1.29, 1.82) is 0 Å². The van der Waals surface area contributed by atoms with Gasteiger partial charge in [0.2, 0.25) is 41.4 Å². The monoisotopic (exact) mass is 1020 g/mol. The lowest BCUT2D eigenvalue weighted by Gasteiger charge is -2.32. The average molecular weight is 1020 g/mol. The second-order valence-corrected chi connectivity index (χ2v) is 19.6. The van der Waals surface area contributed by atoms with Crippen molar-refractivity contribution >= 4 is 41.4 Å². The molecule has 0 aliphatic heterocycles. The summed E-state index contributed by atoms with van der Waals surface area (Å²) in [5.41, 5.74) is 40.1. The Morgan fingerprint density at radius 2 is 0.639 bits per heavy atom. The van der Waals surface area contributed by atoms with E-state index in [2.05, 4.69) is 22.9 Å². The highest BCUT2D eigenvalue weighted by atomic mass is 16.2. The van der Waals surface area contributed by atoms with Crippen molar-refractivity contribution in [3.63, 3.8) is 0 Å². The van der Waals surface area contributed by atoms with Crippen molar-refractivity contribution in [2.24, 2.45) is 40.1 Å². The summed E-state index contributed by atoms with van der Waals surface area (Å²) in [6.45, 7) is 3.52. The van der Waals surface area contributed by atoms with E-state index in [1.807, 2.05) is 0 Å². The van der Waals surface area contributed by atoms with Crippen LogP contribution in [-0.4, -0.2) is 153 Å². The molecule has 0 aliphatic carbocycles. The largest absolute Gasteiger partial charge is 0.368 e. The van der Waals surface area contributed by atoms with Crippen LogP contribution in [0.3, 0.4) is 0 Å². The van der Waals surface area contributed by atoms with E-state index >= 15 is 0 Å². The number of nitrogens with one attached hydrogen (secondary N) is 3. The van der Waals surface area contributed by atoms with E-state index in [0.29, 0.717) is 96.8 Å². The summed E-state index contributed by atoms with van der Waals surface area (Å²) in [6.07, 6.45) is 23.1. The molecule has 20 heteroatoms. The van der Waals surface area contributed by atoms with Crippen molar-refractivity contribution in [2.45, 2.75) is 211 Å². The Kier molecular flexibility index (Phi) is 44.2. The Hall–Kier alpha value is -3.95. The Bertz CT molecular complexity index is 1450. The molecule has 7 amide bonds. The second-order valence-electron chi connectivity index (χ2n) is 19.6. The van der Waals surface area contributed by atoms with Gasteiger partial charge in [0.05, 0.1) is 19.6 Å². The minimum absolute atomic E-state index is 0.0130. The summed E-state index contributed by atoms with van der Waals surface area (Å²) >= 11 is 0. The van der Waals surface area contributed by atoms with E-state index in [0.717, 1.165) is 32.1 Å². The lowest BCUT2D eigenvalue weighted by atomic mass is 10.0. The zero-order valence-corrected chi connectivity index (χ0v) is 45.0. The highest BCUT2D eigenvalue weighted by Crippen LogP contribution is 2.15. The van der Waals surface area contributed by atoms with E-state index in [4.69, 9.17) is 40.1 Å². The molecule has 0 unspecified atom stereocenters. The molecule has 0 bridgehead atoms. The van der Waals surface area contributed by atoms with Gasteiger partial charge in [-0.05, 0) is 103 Å². The molecule has 72 heavy (non-hydrogen) atoms. The van der Waals surface area contributed by atoms with Gasteiger partial charge in [-0.15, -0.1) is 0 Å². The molecule has 0 aliphatic rings. The molecule has 20 nitrogen and oxygen atoms in total. The van der Waals surface area contributed by atoms with Crippen LogP contribution >= 0.6 is 0 Å². The van der Waals surface area contributed by atoms with Gasteiger partial charge < -0.3 is 70.8 Å².